The zero-order valence-corrected chi connectivity index (χ0v) is 13.6. The molecule has 0 unspecified atom stereocenters. The molecule has 0 saturated carbocycles. The second-order valence-corrected chi connectivity index (χ2v) is 5.10. The summed E-state index contributed by atoms with van der Waals surface area (Å²) in [7, 11) is 1.59. The number of aromatic nitrogens is 2. The Bertz CT molecular complexity index is 841. The Morgan fingerprint density at radius 1 is 1.08 bits per heavy atom. The largest absolute Gasteiger partial charge is 0.496 e. The number of hydrogen-bond donors (Lipinski definition) is 1. The average Bonchev–Trinajstić information content (AvgIpc) is 3.08. The van der Waals surface area contributed by atoms with Gasteiger partial charge in [0.2, 0.25) is 0 Å². The fourth-order valence-corrected chi connectivity index (χ4v) is 2.49. The molecular formula is C19H18N2O3. The minimum Gasteiger partial charge on any atom is -0.496 e. The number of rotatable bonds is 5. The lowest BCUT2D eigenvalue weighted by atomic mass is 10.1. The minimum atomic E-state index is -0.437. The maximum atomic E-state index is 12.3. The Morgan fingerprint density at radius 3 is 2.50 bits per heavy atom. The van der Waals surface area contributed by atoms with Gasteiger partial charge in [0, 0.05) is 11.1 Å². The van der Waals surface area contributed by atoms with Crippen molar-refractivity contribution < 1.29 is 14.3 Å². The van der Waals surface area contributed by atoms with Gasteiger partial charge in [-0.15, -0.1) is 0 Å². The van der Waals surface area contributed by atoms with Crippen LogP contribution in [0.5, 0.6) is 5.75 Å². The van der Waals surface area contributed by atoms with Crippen LogP contribution >= 0.6 is 0 Å². The van der Waals surface area contributed by atoms with E-state index in [0.29, 0.717) is 29.6 Å². The van der Waals surface area contributed by atoms with Gasteiger partial charge in [-0.1, -0.05) is 42.5 Å². The zero-order valence-electron chi connectivity index (χ0n) is 13.6. The molecule has 5 nitrogen and oxygen atoms in total. The molecule has 0 amide bonds. The lowest BCUT2D eigenvalue weighted by molar-refractivity contribution is 0.0521. The van der Waals surface area contributed by atoms with Gasteiger partial charge in [0.25, 0.3) is 0 Å². The first-order valence-electron chi connectivity index (χ1n) is 7.70. The number of para-hydroxylation sites is 1. The highest BCUT2D eigenvalue weighted by molar-refractivity contribution is 5.96. The van der Waals surface area contributed by atoms with Crippen LogP contribution in [0.15, 0.2) is 54.6 Å². The van der Waals surface area contributed by atoms with Gasteiger partial charge >= 0.3 is 5.97 Å². The average molecular weight is 322 g/mol. The van der Waals surface area contributed by atoms with E-state index in [1.165, 1.54) is 0 Å². The van der Waals surface area contributed by atoms with Crippen molar-refractivity contribution in [3.63, 3.8) is 0 Å². The van der Waals surface area contributed by atoms with Crippen molar-refractivity contribution in [2.45, 2.75) is 6.92 Å². The summed E-state index contributed by atoms with van der Waals surface area (Å²) in [5, 5.41) is 0. The van der Waals surface area contributed by atoms with Gasteiger partial charge in [-0.05, 0) is 19.1 Å². The summed E-state index contributed by atoms with van der Waals surface area (Å²) in [4.78, 5) is 20.1. The molecule has 1 N–H and O–H groups in total. The first-order chi connectivity index (χ1) is 11.7. The van der Waals surface area contributed by atoms with Crippen molar-refractivity contribution in [3.8, 4) is 28.4 Å². The van der Waals surface area contributed by atoms with Crippen LogP contribution in [0.3, 0.4) is 0 Å². The molecule has 3 aromatic rings. The molecule has 3 rings (SSSR count). The number of esters is 1. The monoisotopic (exact) mass is 322 g/mol. The van der Waals surface area contributed by atoms with E-state index in [9.17, 15) is 4.79 Å². The van der Waals surface area contributed by atoms with E-state index in [1.807, 2.05) is 54.6 Å². The van der Waals surface area contributed by atoms with E-state index >= 15 is 0 Å². The number of carbonyl (C=O) groups excluding carboxylic acids is 1. The summed E-state index contributed by atoms with van der Waals surface area (Å²) < 4.78 is 10.6. The summed E-state index contributed by atoms with van der Waals surface area (Å²) in [6, 6.07) is 17.1. The summed E-state index contributed by atoms with van der Waals surface area (Å²) >= 11 is 0. The number of H-pyrrole nitrogens is 1. The fourth-order valence-electron chi connectivity index (χ4n) is 2.49. The Labute approximate surface area is 140 Å². The predicted molar refractivity (Wildman–Crippen MR) is 92.0 cm³/mol. The van der Waals surface area contributed by atoms with E-state index in [-0.39, 0.29) is 0 Å². The van der Waals surface area contributed by atoms with E-state index in [1.54, 1.807) is 14.0 Å². The van der Waals surface area contributed by atoms with Gasteiger partial charge < -0.3 is 14.5 Å². The van der Waals surface area contributed by atoms with E-state index < -0.39 is 5.97 Å². The number of imidazole rings is 1. The van der Waals surface area contributed by atoms with Crippen LogP contribution in [0.25, 0.3) is 22.6 Å². The number of carbonyl (C=O) groups is 1. The first-order valence-corrected chi connectivity index (χ1v) is 7.70. The minimum absolute atomic E-state index is 0.296. The van der Waals surface area contributed by atoms with Crippen molar-refractivity contribution in [3.05, 3.63) is 60.3 Å². The highest BCUT2D eigenvalue weighted by Gasteiger charge is 2.22. The molecular weight excluding hydrogens is 304 g/mol. The maximum Gasteiger partial charge on any atom is 0.357 e. The molecule has 0 aliphatic heterocycles. The molecule has 1 heterocycles. The molecule has 2 aromatic carbocycles. The lowest BCUT2D eigenvalue weighted by Crippen LogP contribution is -2.07. The molecule has 0 radical (unpaired) electrons. The molecule has 0 saturated heterocycles. The third-order valence-corrected chi connectivity index (χ3v) is 3.59. The number of benzene rings is 2. The fraction of sp³-hybridized carbons (Fsp3) is 0.158. The molecule has 0 aliphatic carbocycles. The van der Waals surface area contributed by atoms with Crippen LogP contribution in [-0.4, -0.2) is 29.7 Å². The molecule has 0 aliphatic rings. The third-order valence-electron chi connectivity index (χ3n) is 3.59. The number of hydrogen-bond acceptors (Lipinski definition) is 4. The molecule has 0 spiro atoms. The maximum absolute atomic E-state index is 12.3. The van der Waals surface area contributed by atoms with Crippen LogP contribution in [0, 0.1) is 0 Å². The molecule has 1 aromatic heterocycles. The van der Waals surface area contributed by atoms with E-state index in [2.05, 4.69) is 9.97 Å². The molecule has 5 heteroatoms. The quantitative estimate of drug-likeness (QED) is 0.723. The van der Waals surface area contributed by atoms with Gasteiger partial charge in [-0.3, -0.25) is 0 Å². The second kappa shape index (κ2) is 7.00. The molecule has 0 atom stereocenters. The van der Waals surface area contributed by atoms with Crippen molar-refractivity contribution in [2.24, 2.45) is 0 Å². The predicted octanol–water partition coefficient (Wildman–Crippen LogP) is 3.93. The molecule has 0 bridgehead atoms. The van der Waals surface area contributed by atoms with Gasteiger partial charge in [-0.2, -0.15) is 0 Å². The first kappa shape index (κ1) is 15.8. The summed E-state index contributed by atoms with van der Waals surface area (Å²) in [5.74, 6) is 0.821. The van der Waals surface area contributed by atoms with Crippen molar-refractivity contribution in [2.75, 3.05) is 13.7 Å². The molecule has 24 heavy (non-hydrogen) atoms. The number of methoxy groups -OCH3 is 1. The van der Waals surface area contributed by atoms with Crippen molar-refractivity contribution in [1.82, 2.24) is 9.97 Å². The standard InChI is InChI=1S/C19H18N2O3/c1-3-24-19(22)17-16(14-11-7-8-12-15(14)23-2)20-18(21-17)13-9-5-4-6-10-13/h4-12H,3H2,1-2H3,(H,20,21). The Hall–Kier alpha value is -3.08. The number of aromatic amines is 1. The third kappa shape index (κ3) is 3.01. The van der Waals surface area contributed by atoms with Gasteiger partial charge in [-0.25, -0.2) is 9.78 Å². The SMILES string of the molecule is CCOC(=O)c1[nH]c(-c2ccccc2)nc1-c1ccccc1OC. The lowest BCUT2D eigenvalue weighted by Gasteiger charge is -2.07. The van der Waals surface area contributed by atoms with Crippen LogP contribution in [0.4, 0.5) is 0 Å². The summed E-state index contributed by atoms with van der Waals surface area (Å²) in [6.45, 7) is 2.07. The molecule has 0 fully saturated rings. The normalized spacial score (nSPS) is 10.4. The highest BCUT2D eigenvalue weighted by Crippen LogP contribution is 2.33. The smallest absolute Gasteiger partial charge is 0.357 e. The summed E-state index contributed by atoms with van der Waals surface area (Å²) in [6.07, 6.45) is 0. The Morgan fingerprint density at radius 2 is 1.79 bits per heavy atom. The van der Waals surface area contributed by atoms with Crippen LogP contribution in [-0.2, 0) is 4.74 Å². The number of nitrogens with one attached hydrogen (secondary N) is 1. The summed E-state index contributed by atoms with van der Waals surface area (Å²) in [5.41, 5.74) is 2.47. The Balaban J connectivity index is 2.16. The second-order valence-electron chi connectivity index (χ2n) is 5.10. The molecule has 122 valence electrons. The zero-order chi connectivity index (χ0) is 16.9. The van der Waals surface area contributed by atoms with Crippen LogP contribution < -0.4 is 4.74 Å². The van der Waals surface area contributed by atoms with Crippen LogP contribution in [0.1, 0.15) is 17.4 Å². The number of ether oxygens (including phenoxy) is 2. The van der Waals surface area contributed by atoms with Gasteiger partial charge in [0.15, 0.2) is 5.69 Å². The van der Waals surface area contributed by atoms with Gasteiger partial charge in [0.1, 0.15) is 17.3 Å². The number of nitrogens with zero attached hydrogens (tertiary/aromatic N) is 1. The Kier molecular flexibility index (Phi) is 4.61. The van der Waals surface area contributed by atoms with Gasteiger partial charge in [0.05, 0.1) is 13.7 Å². The highest BCUT2D eigenvalue weighted by atomic mass is 16.5. The van der Waals surface area contributed by atoms with Crippen molar-refractivity contribution in [1.29, 1.82) is 0 Å². The topological polar surface area (TPSA) is 64.2 Å². The van der Waals surface area contributed by atoms with E-state index in [4.69, 9.17) is 9.47 Å². The van der Waals surface area contributed by atoms with Crippen molar-refractivity contribution >= 4 is 5.97 Å². The van der Waals surface area contributed by atoms with E-state index in [0.717, 1.165) is 11.1 Å². The van der Waals surface area contributed by atoms with Crippen LogP contribution in [0.2, 0.25) is 0 Å².